The van der Waals surface area contributed by atoms with Crippen LogP contribution in [0.5, 0.6) is 0 Å². The summed E-state index contributed by atoms with van der Waals surface area (Å²) >= 11 is 0. The number of benzene rings is 1. The van der Waals surface area contributed by atoms with E-state index in [1.54, 1.807) is 16.7 Å². The largest absolute Gasteiger partial charge is 0.394 e. The van der Waals surface area contributed by atoms with E-state index >= 15 is 0 Å². The molecule has 1 aliphatic carbocycles. The lowest BCUT2D eigenvalue weighted by Gasteiger charge is -2.52. The summed E-state index contributed by atoms with van der Waals surface area (Å²) in [5.74, 6) is 2.75. The maximum Gasteiger partial charge on any atom is 0.255 e. The Balaban J connectivity index is 1.48. The summed E-state index contributed by atoms with van der Waals surface area (Å²) in [6.07, 6.45) is 9.85. The zero-order valence-corrected chi connectivity index (χ0v) is 19.5. The van der Waals surface area contributed by atoms with Gasteiger partial charge in [0.2, 0.25) is 5.95 Å². The number of nitrogens with zero attached hydrogens (tertiary/aromatic N) is 4. The molecule has 2 bridgehead atoms. The van der Waals surface area contributed by atoms with Gasteiger partial charge in [0.05, 0.1) is 5.69 Å². The predicted molar refractivity (Wildman–Crippen MR) is 135 cm³/mol. The van der Waals surface area contributed by atoms with E-state index in [9.17, 15) is 4.79 Å². The number of fused-ring (bicyclic) bond motifs is 2. The first-order valence-electron chi connectivity index (χ1n) is 11.9. The van der Waals surface area contributed by atoms with Gasteiger partial charge in [-0.3, -0.25) is 9.36 Å². The third-order valence-electron chi connectivity index (χ3n) is 7.69. The molecule has 4 unspecified atom stereocenters. The first kappa shape index (κ1) is 21.6. The summed E-state index contributed by atoms with van der Waals surface area (Å²) in [5.41, 5.74) is 2.85. The van der Waals surface area contributed by atoms with E-state index in [0.29, 0.717) is 23.6 Å². The SMILES string of the molecule is C=C/C=C(\C=C/NC)c1cc(=O)n(C)c(N2CC3CCC2C2CN(c4ccccc4)CC32)n1. The molecule has 1 aromatic carbocycles. The maximum absolute atomic E-state index is 13.0. The minimum absolute atomic E-state index is 0.0295. The number of para-hydroxylation sites is 1. The van der Waals surface area contributed by atoms with Crippen LogP contribution in [0, 0.1) is 17.8 Å². The van der Waals surface area contributed by atoms with Crippen LogP contribution in [0.3, 0.4) is 0 Å². The van der Waals surface area contributed by atoms with Gasteiger partial charge in [-0.25, -0.2) is 4.98 Å². The number of piperidine rings is 2. The van der Waals surface area contributed by atoms with Gasteiger partial charge in [-0.15, -0.1) is 0 Å². The minimum atomic E-state index is -0.0295. The quantitative estimate of drug-likeness (QED) is 0.694. The van der Waals surface area contributed by atoms with Gasteiger partial charge in [0.15, 0.2) is 0 Å². The van der Waals surface area contributed by atoms with Crippen LogP contribution in [0.1, 0.15) is 18.5 Å². The highest BCUT2D eigenvalue weighted by Gasteiger charge is 2.52. The number of hydrogen-bond donors (Lipinski definition) is 1. The molecule has 4 heterocycles. The molecular weight excluding hydrogens is 410 g/mol. The van der Waals surface area contributed by atoms with E-state index in [-0.39, 0.29) is 5.56 Å². The molecular formula is C27H33N5O. The highest BCUT2D eigenvalue weighted by Crippen LogP contribution is 2.48. The highest BCUT2D eigenvalue weighted by atomic mass is 16.1. The molecule has 0 radical (unpaired) electrons. The van der Waals surface area contributed by atoms with Crippen molar-refractivity contribution in [3.63, 3.8) is 0 Å². The predicted octanol–water partition coefficient (Wildman–Crippen LogP) is 3.43. The Morgan fingerprint density at radius 2 is 1.94 bits per heavy atom. The summed E-state index contributed by atoms with van der Waals surface area (Å²) in [5, 5.41) is 3.01. The van der Waals surface area contributed by atoms with Crippen LogP contribution >= 0.6 is 0 Å². The monoisotopic (exact) mass is 443 g/mol. The van der Waals surface area contributed by atoms with Crippen LogP contribution in [0.2, 0.25) is 0 Å². The fourth-order valence-corrected chi connectivity index (χ4v) is 6.11. The van der Waals surface area contributed by atoms with Crippen molar-refractivity contribution in [3.8, 4) is 0 Å². The van der Waals surface area contributed by atoms with Gasteiger partial charge in [0, 0.05) is 63.0 Å². The Labute approximate surface area is 195 Å². The molecule has 6 nitrogen and oxygen atoms in total. The van der Waals surface area contributed by atoms with Gasteiger partial charge in [0.1, 0.15) is 0 Å². The third-order valence-corrected chi connectivity index (χ3v) is 7.69. The lowest BCUT2D eigenvalue weighted by molar-refractivity contribution is 0.119. The van der Waals surface area contributed by atoms with Crippen LogP contribution in [-0.2, 0) is 7.05 Å². The number of hydrogen-bond acceptors (Lipinski definition) is 5. The molecule has 0 amide bonds. The molecule has 2 aromatic rings. The molecule has 172 valence electrons. The van der Waals surface area contributed by atoms with Gasteiger partial charge in [-0.05, 0) is 49.1 Å². The zero-order valence-electron chi connectivity index (χ0n) is 19.5. The molecule has 3 aliphatic heterocycles. The van der Waals surface area contributed by atoms with Gasteiger partial charge in [-0.2, -0.15) is 0 Å². The van der Waals surface area contributed by atoms with Gasteiger partial charge >= 0.3 is 0 Å². The molecule has 1 saturated carbocycles. The van der Waals surface area contributed by atoms with Crippen molar-refractivity contribution in [3.05, 3.63) is 83.5 Å². The van der Waals surface area contributed by atoms with Gasteiger partial charge < -0.3 is 15.1 Å². The number of nitrogens with one attached hydrogen (secondary N) is 1. The lowest BCUT2D eigenvalue weighted by Crippen LogP contribution is -2.58. The number of allylic oxidation sites excluding steroid dienone is 4. The van der Waals surface area contributed by atoms with Crippen molar-refractivity contribution in [1.29, 1.82) is 0 Å². The molecule has 0 spiro atoms. The molecule has 6 heteroatoms. The molecule has 33 heavy (non-hydrogen) atoms. The zero-order chi connectivity index (χ0) is 22.9. The van der Waals surface area contributed by atoms with E-state index in [2.05, 4.69) is 52.0 Å². The minimum Gasteiger partial charge on any atom is -0.394 e. The lowest BCUT2D eigenvalue weighted by atomic mass is 9.67. The van der Waals surface area contributed by atoms with E-state index in [4.69, 9.17) is 4.98 Å². The van der Waals surface area contributed by atoms with Crippen molar-refractivity contribution < 1.29 is 0 Å². The first-order valence-corrected chi connectivity index (χ1v) is 11.9. The molecule has 4 atom stereocenters. The second kappa shape index (κ2) is 8.93. The van der Waals surface area contributed by atoms with Gasteiger partial charge in [-0.1, -0.05) is 36.9 Å². The van der Waals surface area contributed by atoms with Crippen molar-refractivity contribution in [1.82, 2.24) is 14.9 Å². The summed E-state index contributed by atoms with van der Waals surface area (Å²) in [4.78, 5) is 23.0. The normalized spacial score (nSPS) is 26.7. The van der Waals surface area contributed by atoms with Crippen LogP contribution in [0.4, 0.5) is 11.6 Å². The van der Waals surface area contributed by atoms with Crippen LogP contribution < -0.4 is 20.7 Å². The van der Waals surface area contributed by atoms with E-state index in [0.717, 1.165) is 37.1 Å². The average Bonchev–Trinajstić information content (AvgIpc) is 3.32. The Morgan fingerprint density at radius 1 is 1.15 bits per heavy atom. The molecule has 3 saturated heterocycles. The second-order valence-electron chi connectivity index (χ2n) is 9.44. The molecule has 6 rings (SSSR count). The maximum atomic E-state index is 13.0. The Bertz CT molecular complexity index is 1130. The Morgan fingerprint density at radius 3 is 2.70 bits per heavy atom. The Hall–Kier alpha value is -3.28. The summed E-state index contributed by atoms with van der Waals surface area (Å²) in [6.45, 7) is 7.02. The van der Waals surface area contributed by atoms with Crippen LogP contribution in [0.15, 0.2) is 72.2 Å². The van der Waals surface area contributed by atoms with Crippen molar-refractivity contribution in [2.24, 2.45) is 24.8 Å². The summed E-state index contributed by atoms with van der Waals surface area (Å²) < 4.78 is 1.72. The van der Waals surface area contributed by atoms with Gasteiger partial charge in [0.25, 0.3) is 5.56 Å². The van der Waals surface area contributed by atoms with E-state index in [1.165, 1.54) is 18.5 Å². The molecule has 1 aromatic heterocycles. The molecule has 4 aliphatic rings. The number of anilines is 2. The Kier molecular flexibility index (Phi) is 5.83. The standard InChI is InChI=1S/C27H33N5O/c1-4-8-19(13-14-28-2)24-15-26(33)30(3)27(29-24)32-16-20-11-12-25(32)23-18-31(17-22(20)23)21-9-6-5-7-10-21/h4-10,13-15,20,22-23,25,28H,1,11-12,16-18H2,2-3H3/b14-13-,19-8+. The second-order valence-corrected chi connectivity index (χ2v) is 9.44. The van der Waals surface area contributed by atoms with Crippen molar-refractivity contribution >= 4 is 17.2 Å². The first-order chi connectivity index (χ1) is 16.1. The molecule has 1 N–H and O–H groups in total. The van der Waals surface area contributed by atoms with Crippen molar-refractivity contribution in [2.45, 2.75) is 18.9 Å². The van der Waals surface area contributed by atoms with E-state index < -0.39 is 0 Å². The number of aromatic nitrogens is 2. The van der Waals surface area contributed by atoms with Crippen molar-refractivity contribution in [2.75, 3.05) is 36.5 Å². The fourth-order valence-electron chi connectivity index (χ4n) is 6.11. The molecule has 4 fully saturated rings. The van der Waals surface area contributed by atoms with Crippen LogP contribution in [0.25, 0.3) is 5.57 Å². The van der Waals surface area contributed by atoms with Crippen LogP contribution in [-0.4, -0.2) is 42.3 Å². The topological polar surface area (TPSA) is 53.4 Å². The summed E-state index contributed by atoms with van der Waals surface area (Å²) in [7, 11) is 3.70. The van der Waals surface area contributed by atoms with E-state index in [1.807, 2.05) is 32.4 Å². The summed E-state index contributed by atoms with van der Waals surface area (Å²) in [6, 6.07) is 12.8. The number of rotatable bonds is 6. The smallest absolute Gasteiger partial charge is 0.255 e. The third kappa shape index (κ3) is 3.88. The highest BCUT2D eigenvalue weighted by molar-refractivity contribution is 5.73. The average molecular weight is 444 g/mol. The fraction of sp³-hybridized carbons (Fsp3) is 0.407.